The average molecular weight is 349 g/mol. The minimum Gasteiger partial charge on any atom is -0.340 e. The first-order chi connectivity index (χ1) is 12.0. The van der Waals surface area contributed by atoms with Crippen LogP contribution in [0.5, 0.6) is 0 Å². The molecule has 0 radical (unpaired) electrons. The molecule has 8 heteroatoms. The van der Waals surface area contributed by atoms with Crippen molar-refractivity contribution < 1.29 is 14.4 Å². The second-order valence-corrected chi connectivity index (χ2v) is 7.87. The van der Waals surface area contributed by atoms with E-state index in [1.165, 1.54) is 0 Å². The van der Waals surface area contributed by atoms with Crippen molar-refractivity contribution in [1.29, 1.82) is 0 Å². The molecule has 0 aromatic carbocycles. The lowest BCUT2D eigenvalue weighted by Gasteiger charge is -2.32. The van der Waals surface area contributed by atoms with Gasteiger partial charge in [-0.25, -0.2) is 4.79 Å². The lowest BCUT2D eigenvalue weighted by Crippen LogP contribution is -2.50. The Hall–Kier alpha value is -1.67. The maximum atomic E-state index is 12.6. The van der Waals surface area contributed by atoms with Gasteiger partial charge in [0.15, 0.2) is 0 Å². The zero-order valence-electron chi connectivity index (χ0n) is 14.8. The molecule has 2 N–H and O–H groups in total. The number of hydrogen-bond donors (Lipinski definition) is 2. The topological polar surface area (TPSA) is 85.0 Å². The molecule has 4 fully saturated rings. The highest BCUT2D eigenvalue weighted by Crippen LogP contribution is 2.42. The molecule has 0 spiro atoms. The summed E-state index contributed by atoms with van der Waals surface area (Å²) in [5.74, 6) is -0.152. The van der Waals surface area contributed by atoms with Crippen LogP contribution in [-0.2, 0) is 9.59 Å². The highest BCUT2D eigenvalue weighted by atomic mass is 16.2. The predicted molar refractivity (Wildman–Crippen MR) is 90.8 cm³/mol. The van der Waals surface area contributed by atoms with E-state index in [1.54, 1.807) is 11.8 Å². The molecule has 138 valence electrons. The number of likely N-dealkylation sites (tertiary alicyclic amines) is 1. The third-order valence-corrected chi connectivity index (χ3v) is 6.17. The second kappa shape index (κ2) is 6.25. The molecule has 2 unspecified atom stereocenters. The maximum absolute atomic E-state index is 12.6. The second-order valence-electron chi connectivity index (χ2n) is 7.87. The van der Waals surface area contributed by atoms with Gasteiger partial charge < -0.3 is 15.5 Å². The molecule has 3 saturated heterocycles. The van der Waals surface area contributed by atoms with Gasteiger partial charge in [0.05, 0.1) is 0 Å². The number of piperazine rings is 1. The van der Waals surface area contributed by atoms with Crippen LogP contribution in [0.2, 0.25) is 0 Å². The number of carbonyl (C=O) groups excluding carboxylic acids is 3. The number of nitrogens with one attached hydrogen (secondary N) is 2. The number of imide groups is 1. The average Bonchev–Trinajstić information content (AvgIpc) is 3.32. The highest BCUT2D eigenvalue weighted by Gasteiger charge is 2.56. The Labute approximate surface area is 147 Å². The maximum Gasteiger partial charge on any atom is 0.325 e. The Balaban J connectivity index is 1.34. The van der Waals surface area contributed by atoms with Gasteiger partial charge in [0, 0.05) is 45.3 Å². The van der Waals surface area contributed by atoms with E-state index in [0.717, 1.165) is 50.3 Å². The van der Waals surface area contributed by atoms with E-state index in [0.29, 0.717) is 19.1 Å². The van der Waals surface area contributed by atoms with E-state index >= 15 is 0 Å². The van der Waals surface area contributed by atoms with E-state index in [1.807, 2.05) is 0 Å². The first-order valence-electron chi connectivity index (χ1n) is 9.35. The van der Waals surface area contributed by atoms with Crippen molar-refractivity contribution >= 4 is 17.8 Å². The zero-order valence-corrected chi connectivity index (χ0v) is 14.8. The first kappa shape index (κ1) is 16.8. The quantitative estimate of drug-likeness (QED) is 0.650. The molecule has 1 aliphatic carbocycles. The van der Waals surface area contributed by atoms with Gasteiger partial charge in [-0.15, -0.1) is 0 Å². The van der Waals surface area contributed by atoms with E-state index in [4.69, 9.17) is 0 Å². The number of rotatable bonds is 4. The molecular weight excluding hydrogens is 322 g/mol. The fourth-order valence-electron chi connectivity index (χ4n) is 4.35. The van der Waals surface area contributed by atoms with E-state index in [-0.39, 0.29) is 24.3 Å². The Kier molecular flexibility index (Phi) is 4.19. The number of urea groups is 1. The van der Waals surface area contributed by atoms with Crippen LogP contribution in [-0.4, -0.2) is 89.9 Å². The lowest BCUT2D eigenvalue weighted by molar-refractivity contribution is -0.138. The third kappa shape index (κ3) is 3.01. The van der Waals surface area contributed by atoms with E-state index in [9.17, 15) is 14.4 Å². The van der Waals surface area contributed by atoms with Gasteiger partial charge in [0.1, 0.15) is 12.1 Å². The van der Waals surface area contributed by atoms with Crippen LogP contribution in [0.4, 0.5) is 4.79 Å². The largest absolute Gasteiger partial charge is 0.340 e. The Morgan fingerprint density at radius 1 is 1.16 bits per heavy atom. The summed E-state index contributed by atoms with van der Waals surface area (Å²) in [7, 11) is 0. The summed E-state index contributed by atoms with van der Waals surface area (Å²) in [6.07, 6.45) is 2.89. The van der Waals surface area contributed by atoms with Gasteiger partial charge in [-0.3, -0.25) is 19.4 Å². The lowest BCUT2D eigenvalue weighted by atomic mass is 9.96. The Morgan fingerprint density at radius 2 is 1.88 bits per heavy atom. The van der Waals surface area contributed by atoms with Gasteiger partial charge in [0.25, 0.3) is 5.91 Å². The van der Waals surface area contributed by atoms with Crippen LogP contribution >= 0.6 is 0 Å². The molecule has 4 aliphatic rings. The van der Waals surface area contributed by atoms with Crippen molar-refractivity contribution in [2.45, 2.75) is 37.8 Å². The van der Waals surface area contributed by atoms with Crippen molar-refractivity contribution in [3.05, 3.63) is 0 Å². The molecule has 3 heterocycles. The van der Waals surface area contributed by atoms with Crippen molar-refractivity contribution in [3.63, 3.8) is 0 Å². The third-order valence-electron chi connectivity index (χ3n) is 6.17. The summed E-state index contributed by atoms with van der Waals surface area (Å²) < 4.78 is 0. The summed E-state index contributed by atoms with van der Waals surface area (Å²) >= 11 is 0. The highest BCUT2D eigenvalue weighted by molar-refractivity contribution is 6.09. The molecule has 3 aliphatic heterocycles. The molecule has 1 saturated carbocycles. The molecule has 2 atom stereocenters. The monoisotopic (exact) mass is 349 g/mol. The SMILES string of the molecule is CC1(C2CC2)NC(=O)N(CC(=O)N2CCC(N3CCNCC3)C2)C1=O. The smallest absolute Gasteiger partial charge is 0.325 e. The van der Waals surface area contributed by atoms with Crippen LogP contribution in [0.1, 0.15) is 26.2 Å². The molecule has 4 rings (SSSR count). The Morgan fingerprint density at radius 3 is 2.56 bits per heavy atom. The number of nitrogens with zero attached hydrogens (tertiary/aromatic N) is 3. The van der Waals surface area contributed by atoms with Crippen LogP contribution in [0.3, 0.4) is 0 Å². The number of amides is 4. The van der Waals surface area contributed by atoms with Crippen LogP contribution < -0.4 is 10.6 Å². The van der Waals surface area contributed by atoms with Crippen molar-refractivity contribution in [3.8, 4) is 0 Å². The molecule has 25 heavy (non-hydrogen) atoms. The fourth-order valence-corrected chi connectivity index (χ4v) is 4.35. The van der Waals surface area contributed by atoms with Gasteiger partial charge in [-0.2, -0.15) is 0 Å². The fraction of sp³-hybridized carbons (Fsp3) is 0.824. The summed E-state index contributed by atoms with van der Waals surface area (Å²) in [4.78, 5) is 42.8. The molecular formula is C17H27N5O3. The van der Waals surface area contributed by atoms with Crippen molar-refractivity contribution in [2.24, 2.45) is 5.92 Å². The number of carbonyl (C=O) groups is 3. The molecule has 0 aromatic rings. The molecule has 4 amide bonds. The Bertz CT molecular complexity index is 587. The van der Waals surface area contributed by atoms with Gasteiger partial charge in [-0.1, -0.05) is 0 Å². The molecule has 8 nitrogen and oxygen atoms in total. The van der Waals surface area contributed by atoms with Crippen LogP contribution in [0.25, 0.3) is 0 Å². The zero-order chi connectivity index (χ0) is 17.6. The van der Waals surface area contributed by atoms with Crippen molar-refractivity contribution in [2.75, 3.05) is 45.8 Å². The van der Waals surface area contributed by atoms with Gasteiger partial charge in [-0.05, 0) is 32.1 Å². The van der Waals surface area contributed by atoms with Crippen LogP contribution in [0, 0.1) is 5.92 Å². The first-order valence-corrected chi connectivity index (χ1v) is 9.35. The minimum atomic E-state index is -0.814. The van der Waals surface area contributed by atoms with Crippen molar-refractivity contribution in [1.82, 2.24) is 25.3 Å². The van der Waals surface area contributed by atoms with Gasteiger partial charge >= 0.3 is 6.03 Å². The standard InChI is InChI=1S/C17H27N5O3/c1-17(12-2-3-12)15(24)22(16(25)19-17)11-14(23)21-7-4-13(10-21)20-8-5-18-6-9-20/h12-13,18H,2-11H2,1H3,(H,19,25). The number of hydrogen-bond acceptors (Lipinski definition) is 5. The summed E-state index contributed by atoms with van der Waals surface area (Å²) in [6.45, 7) is 7.06. The molecule has 0 bridgehead atoms. The van der Waals surface area contributed by atoms with Crippen LogP contribution in [0.15, 0.2) is 0 Å². The minimum absolute atomic E-state index is 0.124. The molecule has 0 aromatic heterocycles. The van der Waals surface area contributed by atoms with E-state index < -0.39 is 11.6 Å². The summed E-state index contributed by atoms with van der Waals surface area (Å²) in [5.41, 5.74) is -0.814. The normalized spacial score (nSPS) is 33.9. The van der Waals surface area contributed by atoms with E-state index in [2.05, 4.69) is 15.5 Å². The summed E-state index contributed by atoms with van der Waals surface area (Å²) in [6, 6.07) is -0.0310. The van der Waals surface area contributed by atoms with Gasteiger partial charge in [0.2, 0.25) is 5.91 Å². The predicted octanol–water partition coefficient (Wildman–Crippen LogP) is -0.787. The summed E-state index contributed by atoms with van der Waals surface area (Å²) in [5, 5.41) is 6.14.